The zero-order valence-corrected chi connectivity index (χ0v) is 14.0. The highest BCUT2D eigenvalue weighted by molar-refractivity contribution is 6.30. The van der Waals surface area contributed by atoms with E-state index < -0.39 is 17.2 Å². The molecular weight excluding hydrogens is 348 g/mol. The predicted octanol–water partition coefficient (Wildman–Crippen LogP) is 0.594. The largest absolute Gasteiger partial charge is 0.325 e. The molecule has 1 fully saturated rings. The number of piperazine rings is 1. The van der Waals surface area contributed by atoms with Gasteiger partial charge in [-0.05, 0) is 25.1 Å². The molecule has 2 N–H and O–H groups in total. The number of anilines is 1. The molecule has 8 nitrogen and oxygen atoms in total. The lowest BCUT2D eigenvalue weighted by Gasteiger charge is -2.39. The minimum absolute atomic E-state index is 0.176. The molecule has 1 unspecified atom stereocenters. The van der Waals surface area contributed by atoms with Crippen LogP contribution < -0.4 is 16.1 Å². The zero-order valence-electron chi connectivity index (χ0n) is 13.3. The van der Waals surface area contributed by atoms with E-state index in [1.807, 2.05) is 4.98 Å². The third kappa shape index (κ3) is 3.34. The molecule has 1 saturated heterocycles. The van der Waals surface area contributed by atoms with Crippen LogP contribution in [0.2, 0.25) is 5.02 Å². The van der Waals surface area contributed by atoms with E-state index >= 15 is 0 Å². The molecule has 0 radical (unpaired) electrons. The van der Waals surface area contributed by atoms with Gasteiger partial charge in [0.2, 0.25) is 5.91 Å². The molecule has 0 saturated carbocycles. The molecule has 2 aromatic rings. The van der Waals surface area contributed by atoms with Crippen LogP contribution >= 0.6 is 11.6 Å². The quantitative estimate of drug-likeness (QED) is 0.815. The van der Waals surface area contributed by atoms with Gasteiger partial charge in [0.25, 0.3) is 11.5 Å². The maximum absolute atomic E-state index is 12.6. The van der Waals surface area contributed by atoms with E-state index in [4.69, 9.17) is 11.6 Å². The van der Waals surface area contributed by atoms with E-state index in [1.54, 1.807) is 36.1 Å². The van der Waals surface area contributed by atoms with Crippen molar-refractivity contribution in [2.45, 2.75) is 13.0 Å². The molecule has 2 amide bonds. The van der Waals surface area contributed by atoms with Gasteiger partial charge in [0.05, 0.1) is 0 Å². The molecule has 0 spiro atoms. The maximum Gasteiger partial charge on any atom is 0.325 e. The highest BCUT2D eigenvalue weighted by atomic mass is 35.5. The van der Waals surface area contributed by atoms with Crippen LogP contribution in [0.4, 0.5) is 5.69 Å². The van der Waals surface area contributed by atoms with E-state index in [9.17, 15) is 19.2 Å². The summed E-state index contributed by atoms with van der Waals surface area (Å²) in [6, 6.07) is 6.57. The number of nitrogens with one attached hydrogen (secondary N) is 2. The Morgan fingerprint density at radius 3 is 2.72 bits per heavy atom. The van der Waals surface area contributed by atoms with Crippen molar-refractivity contribution in [2.75, 3.05) is 18.0 Å². The normalized spacial score (nSPS) is 17.7. The Balaban J connectivity index is 1.85. The molecule has 0 aliphatic carbocycles. The molecule has 1 aliphatic heterocycles. The molecular formula is C16H15ClN4O4. The second-order valence-corrected chi connectivity index (χ2v) is 6.19. The lowest BCUT2D eigenvalue weighted by Crippen LogP contribution is -2.57. The summed E-state index contributed by atoms with van der Waals surface area (Å²) in [6.07, 6.45) is 1.06. The average molecular weight is 363 g/mol. The third-order valence-electron chi connectivity index (χ3n) is 4.02. The van der Waals surface area contributed by atoms with Crippen molar-refractivity contribution in [3.8, 4) is 0 Å². The number of rotatable bonds is 2. The van der Waals surface area contributed by atoms with E-state index in [0.717, 1.165) is 6.20 Å². The number of amides is 2. The first-order chi connectivity index (χ1) is 11.9. The van der Waals surface area contributed by atoms with Crippen LogP contribution in [0.25, 0.3) is 0 Å². The molecule has 1 atom stereocenters. The summed E-state index contributed by atoms with van der Waals surface area (Å²) < 4.78 is 0. The van der Waals surface area contributed by atoms with Gasteiger partial charge in [0, 0.05) is 29.5 Å². The number of carbonyl (C=O) groups excluding carboxylic acids is 2. The van der Waals surface area contributed by atoms with Gasteiger partial charge in [-0.1, -0.05) is 17.7 Å². The van der Waals surface area contributed by atoms with Crippen LogP contribution in [0.1, 0.15) is 17.3 Å². The number of aromatic nitrogens is 2. The predicted molar refractivity (Wildman–Crippen MR) is 92.0 cm³/mol. The van der Waals surface area contributed by atoms with Crippen LogP contribution in [0, 0.1) is 0 Å². The molecule has 1 aliphatic rings. The average Bonchev–Trinajstić information content (AvgIpc) is 2.56. The highest BCUT2D eigenvalue weighted by Crippen LogP contribution is 2.23. The minimum Gasteiger partial charge on any atom is -0.325 e. The van der Waals surface area contributed by atoms with Crippen LogP contribution in [0.5, 0.6) is 0 Å². The van der Waals surface area contributed by atoms with Gasteiger partial charge in [0.15, 0.2) is 0 Å². The molecule has 130 valence electrons. The molecule has 9 heteroatoms. The Hall–Kier alpha value is -2.87. The number of hydrogen-bond acceptors (Lipinski definition) is 4. The van der Waals surface area contributed by atoms with Crippen LogP contribution in [-0.4, -0.2) is 45.8 Å². The lowest BCUT2D eigenvalue weighted by atomic mass is 10.1. The monoisotopic (exact) mass is 362 g/mol. The van der Waals surface area contributed by atoms with Gasteiger partial charge in [-0.25, -0.2) is 4.79 Å². The summed E-state index contributed by atoms with van der Waals surface area (Å²) in [4.78, 5) is 55.1. The van der Waals surface area contributed by atoms with Crippen molar-refractivity contribution in [3.63, 3.8) is 0 Å². The smallest absolute Gasteiger partial charge is 0.325 e. The van der Waals surface area contributed by atoms with Crippen LogP contribution in [-0.2, 0) is 4.79 Å². The number of carbonyl (C=O) groups is 2. The second-order valence-electron chi connectivity index (χ2n) is 5.75. The van der Waals surface area contributed by atoms with Crippen molar-refractivity contribution >= 4 is 29.1 Å². The molecule has 25 heavy (non-hydrogen) atoms. The fraction of sp³-hybridized carbons (Fsp3) is 0.250. The first-order valence-electron chi connectivity index (χ1n) is 7.55. The van der Waals surface area contributed by atoms with E-state index in [1.165, 1.54) is 4.90 Å². The summed E-state index contributed by atoms with van der Waals surface area (Å²) in [5.41, 5.74) is -1.05. The van der Waals surface area contributed by atoms with Gasteiger partial charge < -0.3 is 14.8 Å². The van der Waals surface area contributed by atoms with Crippen molar-refractivity contribution in [1.29, 1.82) is 0 Å². The van der Waals surface area contributed by atoms with Crippen LogP contribution in [0.15, 0.2) is 40.1 Å². The molecule has 1 aromatic carbocycles. The van der Waals surface area contributed by atoms with Crippen molar-refractivity contribution < 1.29 is 9.59 Å². The van der Waals surface area contributed by atoms with Gasteiger partial charge in [-0.2, -0.15) is 0 Å². The summed E-state index contributed by atoms with van der Waals surface area (Å²) in [5, 5.41) is 0.510. The standard InChI is InChI=1S/C16H15ClN4O4/c1-9-7-21(11-4-2-3-10(17)5-11)13(22)8-20(9)15(24)12-6-18-16(25)19-14(12)23/h2-6,9H,7-8H2,1H3,(H2,18,19,23,25). The Kier molecular flexibility index (Phi) is 4.45. The van der Waals surface area contributed by atoms with E-state index in [2.05, 4.69) is 4.98 Å². The fourth-order valence-electron chi connectivity index (χ4n) is 2.74. The molecule has 0 bridgehead atoms. The Bertz CT molecular complexity index is 951. The Morgan fingerprint density at radius 1 is 1.28 bits per heavy atom. The summed E-state index contributed by atoms with van der Waals surface area (Å²) in [6.45, 7) is 1.87. The van der Waals surface area contributed by atoms with Gasteiger partial charge in [-0.3, -0.25) is 19.4 Å². The lowest BCUT2D eigenvalue weighted by molar-refractivity contribution is -0.121. The maximum atomic E-state index is 12.6. The molecule has 3 rings (SSSR count). The van der Waals surface area contributed by atoms with Gasteiger partial charge in [-0.15, -0.1) is 0 Å². The topological polar surface area (TPSA) is 106 Å². The highest BCUT2D eigenvalue weighted by Gasteiger charge is 2.34. The fourth-order valence-corrected chi connectivity index (χ4v) is 2.92. The zero-order chi connectivity index (χ0) is 18.1. The Morgan fingerprint density at radius 2 is 2.04 bits per heavy atom. The number of nitrogens with zero attached hydrogens (tertiary/aromatic N) is 2. The van der Waals surface area contributed by atoms with Crippen molar-refractivity contribution in [1.82, 2.24) is 14.9 Å². The first-order valence-corrected chi connectivity index (χ1v) is 7.93. The molecule has 1 aromatic heterocycles. The van der Waals surface area contributed by atoms with E-state index in [-0.39, 0.29) is 30.6 Å². The Labute approximate surface area is 147 Å². The summed E-state index contributed by atoms with van der Waals surface area (Å²) >= 11 is 5.97. The number of halogens is 1. The first kappa shape index (κ1) is 17.0. The van der Waals surface area contributed by atoms with E-state index in [0.29, 0.717) is 10.7 Å². The number of benzene rings is 1. The number of aromatic amines is 2. The number of hydrogen-bond donors (Lipinski definition) is 2. The van der Waals surface area contributed by atoms with Crippen molar-refractivity contribution in [2.24, 2.45) is 0 Å². The SMILES string of the molecule is CC1CN(c2cccc(Cl)c2)C(=O)CN1C(=O)c1c[nH]c(=O)[nH]c1=O. The van der Waals surface area contributed by atoms with Crippen LogP contribution in [0.3, 0.4) is 0 Å². The summed E-state index contributed by atoms with van der Waals surface area (Å²) in [7, 11) is 0. The third-order valence-corrected chi connectivity index (χ3v) is 4.25. The van der Waals surface area contributed by atoms with Crippen molar-refractivity contribution in [3.05, 3.63) is 61.9 Å². The number of H-pyrrole nitrogens is 2. The van der Waals surface area contributed by atoms with Gasteiger partial charge in [0.1, 0.15) is 12.1 Å². The second kappa shape index (κ2) is 6.56. The molecule has 2 heterocycles. The minimum atomic E-state index is -0.786. The summed E-state index contributed by atoms with van der Waals surface area (Å²) in [5.74, 6) is -0.890. The van der Waals surface area contributed by atoms with Gasteiger partial charge >= 0.3 is 5.69 Å².